The molecule has 1 saturated heterocycles. The van der Waals surface area contributed by atoms with Crippen molar-refractivity contribution in [1.29, 1.82) is 0 Å². The SMILES string of the molecule is Cc1ncc(NC(=O)c2cc(F)cc(N3CCCCC3)c2)cc1C(=O)Nc1ccc(NC2CC2)nc1. The number of piperidine rings is 1. The Morgan fingerprint density at radius 3 is 2.39 bits per heavy atom. The second kappa shape index (κ2) is 10.3. The molecule has 8 nitrogen and oxygen atoms in total. The number of nitrogens with one attached hydrogen (secondary N) is 3. The van der Waals surface area contributed by atoms with Crippen LogP contribution in [0.1, 0.15) is 58.5 Å². The molecule has 3 aromatic rings. The number of pyridine rings is 2. The third-order valence-corrected chi connectivity index (χ3v) is 6.41. The van der Waals surface area contributed by atoms with Gasteiger partial charge in [0.1, 0.15) is 11.6 Å². The maximum absolute atomic E-state index is 14.3. The van der Waals surface area contributed by atoms with Crippen LogP contribution in [0.15, 0.2) is 48.8 Å². The first kappa shape index (κ1) is 23.7. The van der Waals surface area contributed by atoms with E-state index < -0.39 is 11.7 Å². The van der Waals surface area contributed by atoms with Crippen LogP contribution in [0.5, 0.6) is 0 Å². The molecule has 2 amide bonds. The van der Waals surface area contributed by atoms with Gasteiger partial charge in [-0.2, -0.15) is 0 Å². The van der Waals surface area contributed by atoms with Crippen molar-refractivity contribution >= 4 is 34.7 Å². The van der Waals surface area contributed by atoms with Crippen LogP contribution in [0.25, 0.3) is 0 Å². The molecule has 1 aromatic carbocycles. The Bertz CT molecular complexity index is 1270. The third kappa shape index (κ3) is 5.79. The fraction of sp³-hybridized carbons (Fsp3) is 0.333. The Labute approximate surface area is 209 Å². The van der Waals surface area contributed by atoms with Crippen LogP contribution in [0, 0.1) is 12.7 Å². The Morgan fingerprint density at radius 1 is 0.917 bits per heavy atom. The number of amides is 2. The molecule has 0 atom stereocenters. The molecule has 1 saturated carbocycles. The highest BCUT2D eigenvalue weighted by Crippen LogP contribution is 2.25. The highest BCUT2D eigenvalue weighted by atomic mass is 19.1. The van der Waals surface area contributed by atoms with E-state index >= 15 is 0 Å². The van der Waals surface area contributed by atoms with Gasteiger partial charge in [-0.1, -0.05) is 0 Å². The fourth-order valence-corrected chi connectivity index (χ4v) is 4.26. The van der Waals surface area contributed by atoms with Gasteiger partial charge < -0.3 is 20.9 Å². The molecule has 0 radical (unpaired) electrons. The van der Waals surface area contributed by atoms with Crippen molar-refractivity contribution in [1.82, 2.24) is 9.97 Å². The van der Waals surface area contributed by atoms with Gasteiger partial charge in [0.25, 0.3) is 11.8 Å². The van der Waals surface area contributed by atoms with E-state index in [1.807, 2.05) is 6.07 Å². The standard InChI is InChI=1S/C27H29FN6O2/c1-17-24(27(36)32-21-7-8-25(30-15-21)31-20-5-6-20)14-22(16-29-17)33-26(35)18-11-19(28)13-23(12-18)34-9-3-2-4-10-34/h7-8,11-16,20H,2-6,9-10H2,1H3,(H,30,31)(H,32,36)(H,33,35). The second-order valence-electron chi connectivity index (χ2n) is 9.36. The monoisotopic (exact) mass is 488 g/mol. The van der Waals surface area contributed by atoms with E-state index in [1.54, 1.807) is 31.3 Å². The lowest BCUT2D eigenvalue weighted by atomic mass is 10.1. The van der Waals surface area contributed by atoms with Crippen molar-refractivity contribution in [3.05, 3.63) is 71.4 Å². The first-order chi connectivity index (χ1) is 17.4. The average Bonchev–Trinajstić information content (AvgIpc) is 3.70. The normalized spacial score (nSPS) is 15.3. The van der Waals surface area contributed by atoms with E-state index in [-0.39, 0.29) is 11.5 Å². The van der Waals surface area contributed by atoms with E-state index in [1.165, 1.54) is 18.3 Å². The molecule has 1 aliphatic carbocycles. The quantitative estimate of drug-likeness (QED) is 0.433. The molecule has 5 rings (SSSR count). The maximum atomic E-state index is 14.3. The van der Waals surface area contributed by atoms with Crippen molar-refractivity contribution in [3.63, 3.8) is 0 Å². The van der Waals surface area contributed by atoms with E-state index in [2.05, 4.69) is 30.8 Å². The average molecular weight is 489 g/mol. The Hall–Kier alpha value is -4.01. The van der Waals surface area contributed by atoms with Crippen LogP contribution in [-0.4, -0.2) is 40.9 Å². The van der Waals surface area contributed by atoms with Gasteiger partial charge in [-0.3, -0.25) is 14.6 Å². The van der Waals surface area contributed by atoms with Crippen molar-refractivity contribution in [3.8, 4) is 0 Å². The Morgan fingerprint density at radius 2 is 1.67 bits per heavy atom. The zero-order valence-electron chi connectivity index (χ0n) is 20.2. The Kier molecular flexibility index (Phi) is 6.79. The van der Waals surface area contributed by atoms with Gasteiger partial charge in [0.15, 0.2) is 0 Å². The number of aryl methyl sites for hydroxylation is 1. The number of carbonyl (C=O) groups is 2. The van der Waals surface area contributed by atoms with Crippen molar-refractivity contribution < 1.29 is 14.0 Å². The summed E-state index contributed by atoms with van der Waals surface area (Å²) in [6.07, 6.45) is 8.64. The number of rotatable bonds is 7. The molecule has 2 aliphatic rings. The van der Waals surface area contributed by atoms with Crippen molar-refractivity contribution in [2.24, 2.45) is 0 Å². The summed E-state index contributed by atoms with van der Waals surface area (Å²) in [4.78, 5) is 36.6. The van der Waals surface area contributed by atoms with Gasteiger partial charge in [0.05, 0.1) is 35.0 Å². The summed E-state index contributed by atoms with van der Waals surface area (Å²) in [6.45, 7) is 3.42. The van der Waals surface area contributed by atoms with Crippen molar-refractivity contribution in [2.75, 3.05) is 33.9 Å². The van der Waals surface area contributed by atoms with Gasteiger partial charge in [-0.05, 0) is 75.4 Å². The largest absolute Gasteiger partial charge is 0.371 e. The number of halogens is 1. The molecular weight excluding hydrogens is 459 g/mol. The first-order valence-corrected chi connectivity index (χ1v) is 12.3. The predicted molar refractivity (Wildman–Crippen MR) is 138 cm³/mol. The van der Waals surface area contributed by atoms with E-state index in [9.17, 15) is 14.0 Å². The molecule has 0 spiro atoms. The molecule has 3 heterocycles. The zero-order chi connectivity index (χ0) is 25.1. The first-order valence-electron chi connectivity index (χ1n) is 12.3. The van der Waals surface area contributed by atoms with Crippen LogP contribution in [0.3, 0.4) is 0 Å². The minimum absolute atomic E-state index is 0.216. The fourth-order valence-electron chi connectivity index (χ4n) is 4.26. The van der Waals surface area contributed by atoms with E-state index in [0.29, 0.717) is 34.4 Å². The highest BCUT2D eigenvalue weighted by molar-refractivity contribution is 6.08. The van der Waals surface area contributed by atoms with Crippen LogP contribution in [-0.2, 0) is 0 Å². The lowest BCUT2D eigenvalue weighted by Crippen LogP contribution is -2.29. The topological polar surface area (TPSA) is 99.2 Å². The van der Waals surface area contributed by atoms with Gasteiger partial charge in [-0.15, -0.1) is 0 Å². The van der Waals surface area contributed by atoms with Gasteiger partial charge in [-0.25, -0.2) is 9.37 Å². The molecule has 36 heavy (non-hydrogen) atoms. The molecule has 0 bridgehead atoms. The minimum Gasteiger partial charge on any atom is -0.371 e. The van der Waals surface area contributed by atoms with Crippen LogP contribution in [0.2, 0.25) is 0 Å². The number of carbonyl (C=O) groups excluding carboxylic acids is 2. The van der Waals surface area contributed by atoms with Crippen LogP contribution < -0.4 is 20.9 Å². The molecule has 3 N–H and O–H groups in total. The smallest absolute Gasteiger partial charge is 0.257 e. The summed E-state index contributed by atoms with van der Waals surface area (Å²) in [5.41, 5.74) is 2.66. The number of benzene rings is 1. The second-order valence-corrected chi connectivity index (χ2v) is 9.36. The summed E-state index contributed by atoms with van der Waals surface area (Å²) < 4.78 is 14.3. The summed E-state index contributed by atoms with van der Waals surface area (Å²) >= 11 is 0. The van der Waals surface area contributed by atoms with E-state index in [4.69, 9.17) is 0 Å². The summed E-state index contributed by atoms with van der Waals surface area (Å²) in [5, 5.41) is 8.87. The van der Waals surface area contributed by atoms with E-state index in [0.717, 1.165) is 51.0 Å². The molecule has 186 valence electrons. The lowest BCUT2D eigenvalue weighted by molar-refractivity contribution is 0.101. The Balaban J connectivity index is 1.27. The van der Waals surface area contributed by atoms with Gasteiger partial charge >= 0.3 is 0 Å². The summed E-state index contributed by atoms with van der Waals surface area (Å²) in [5.74, 6) is -0.511. The van der Waals surface area contributed by atoms with Crippen molar-refractivity contribution in [2.45, 2.75) is 45.1 Å². The molecule has 9 heteroatoms. The zero-order valence-corrected chi connectivity index (χ0v) is 20.2. The van der Waals surface area contributed by atoms with Gasteiger partial charge in [0, 0.05) is 30.4 Å². The van der Waals surface area contributed by atoms with Gasteiger partial charge in [0.2, 0.25) is 0 Å². The predicted octanol–water partition coefficient (Wildman–Crippen LogP) is 4.99. The number of hydrogen-bond acceptors (Lipinski definition) is 6. The molecule has 1 aliphatic heterocycles. The summed E-state index contributed by atoms with van der Waals surface area (Å²) in [6, 6.07) is 10.0. The van der Waals surface area contributed by atoms with Crippen LogP contribution in [0.4, 0.5) is 27.3 Å². The third-order valence-electron chi connectivity index (χ3n) is 6.41. The number of hydrogen-bond donors (Lipinski definition) is 3. The minimum atomic E-state index is -0.465. The molecule has 2 aromatic heterocycles. The summed E-state index contributed by atoms with van der Waals surface area (Å²) in [7, 11) is 0. The molecule has 2 fully saturated rings. The molecule has 0 unspecified atom stereocenters. The highest BCUT2D eigenvalue weighted by Gasteiger charge is 2.21. The molecular formula is C27H29FN6O2. The number of anilines is 4. The maximum Gasteiger partial charge on any atom is 0.257 e. The van der Waals surface area contributed by atoms with Crippen LogP contribution >= 0.6 is 0 Å². The lowest BCUT2D eigenvalue weighted by Gasteiger charge is -2.29. The number of aromatic nitrogens is 2. The number of nitrogens with zero attached hydrogens (tertiary/aromatic N) is 3.